The van der Waals surface area contributed by atoms with Crippen molar-refractivity contribution in [2.75, 3.05) is 12.4 Å². The van der Waals surface area contributed by atoms with E-state index in [9.17, 15) is 9.90 Å². The van der Waals surface area contributed by atoms with Gasteiger partial charge in [-0.2, -0.15) is 4.98 Å². The Morgan fingerprint density at radius 2 is 2.29 bits per heavy atom. The quantitative estimate of drug-likeness (QED) is 0.890. The molecule has 2 heterocycles. The molecule has 0 fully saturated rings. The summed E-state index contributed by atoms with van der Waals surface area (Å²) in [5, 5.41) is 16.2. The third-order valence-corrected chi connectivity index (χ3v) is 3.24. The normalized spacial score (nSPS) is 16.7. The van der Waals surface area contributed by atoms with E-state index in [0.717, 1.165) is 11.1 Å². The van der Waals surface area contributed by atoms with Crippen molar-refractivity contribution >= 4 is 11.9 Å². The number of aliphatic carboxylic acids is 1. The minimum Gasteiger partial charge on any atom is -0.477 e. The molecule has 1 aliphatic rings. The summed E-state index contributed by atoms with van der Waals surface area (Å²) in [6.07, 6.45) is 1.61. The number of nitrogens with zero attached hydrogens (tertiary/aromatic N) is 3. The van der Waals surface area contributed by atoms with Crippen molar-refractivity contribution in [3.8, 4) is 6.01 Å². The average molecular weight is 286 g/mol. The maximum atomic E-state index is 11.3. The summed E-state index contributed by atoms with van der Waals surface area (Å²) >= 11 is 0. The number of aromatic nitrogens is 3. The summed E-state index contributed by atoms with van der Waals surface area (Å²) in [5.41, 5.74) is 2.10. The molecule has 0 saturated carbocycles. The maximum Gasteiger partial charge on any atom is 0.352 e. The van der Waals surface area contributed by atoms with E-state index in [0.29, 0.717) is 5.95 Å². The largest absolute Gasteiger partial charge is 0.477 e. The Bertz CT molecular complexity index is 736. The lowest BCUT2D eigenvalue weighted by Crippen LogP contribution is -2.24. The van der Waals surface area contributed by atoms with Gasteiger partial charge in [0.1, 0.15) is 11.7 Å². The molecule has 1 aromatic heterocycles. The van der Waals surface area contributed by atoms with Crippen molar-refractivity contribution in [1.29, 1.82) is 0 Å². The summed E-state index contributed by atoms with van der Waals surface area (Å²) < 4.78 is 6.63. The van der Waals surface area contributed by atoms with E-state index in [1.54, 1.807) is 10.8 Å². The number of benzene rings is 1. The Labute approximate surface area is 120 Å². The van der Waals surface area contributed by atoms with Crippen LogP contribution in [0.3, 0.4) is 0 Å². The summed E-state index contributed by atoms with van der Waals surface area (Å²) in [5.74, 6) is -0.695. The van der Waals surface area contributed by atoms with Crippen molar-refractivity contribution in [1.82, 2.24) is 14.8 Å². The van der Waals surface area contributed by atoms with Crippen molar-refractivity contribution < 1.29 is 14.6 Å². The smallest absolute Gasteiger partial charge is 0.352 e. The standard InChI is InChI=1S/C14H14N4O3/c1-8-4-3-5-9(6-8)11-7-10(12(19)20)15-13-16-14(21-2)17-18(11)13/h3-7,11H,1-2H3,(H,19,20)(H,15,16,17). The van der Waals surface area contributed by atoms with Crippen LogP contribution in [-0.2, 0) is 4.79 Å². The van der Waals surface area contributed by atoms with Gasteiger partial charge in [-0.25, -0.2) is 9.48 Å². The van der Waals surface area contributed by atoms with Crippen LogP contribution in [0.5, 0.6) is 6.01 Å². The zero-order valence-electron chi connectivity index (χ0n) is 11.6. The fourth-order valence-electron chi connectivity index (χ4n) is 2.28. The number of hydrogen-bond acceptors (Lipinski definition) is 5. The van der Waals surface area contributed by atoms with Gasteiger partial charge in [0.25, 0.3) is 0 Å². The van der Waals surface area contributed by atoms with Crippen LogP contribution in [0.2, 0.25) is 0 Å². The van der Waals surface area contributed by atoms with Gasteiger partial charge < -0.3 is 15.2 Å². The molecule has 2 N–H and O–H groups in total. The number of fused-ring (bicyclic) bond motifs is 1. The zero-order valence-corrected chi connectivity index (χ0v) is 11.6. The van der Waals surface area contributed by atoms with Crippen molar-refractivity contribution in [2.24, 2.45) is 0 Å². The van der Waals surface area contributed by atoms with Crippen LogP contribution in [-0.4, -0.2) is 33.0 Å². The number of carboxylic acid groups (broad SMARTS) is 1. The molecule has 0 aliphatic carbocycles. The Hall–Kier alpha value is -2.83. The molecule has 0 amide bonds. The highest BCUT2D eigenvalue weighted by molar-refractivity contribution is 5.90. The fraction of sp³-hybridized carbons (Fsp3) is 0.214. The van der Waals surface area contributed by atoms with Crippen LogP contribution >= 0.6 is 0 Å². The molecule has 0 radical (unpaired) electrons. The van der Waals surface area contributed by atoms with Crippen LogP contribution in [0.4, 0.5) is 5.95 Å². The van der Waals surface area contributed by atoms with Gasteiger partial charge in [0.05, 0.1) is 7.11 Å². The first-order valence-corrected chi connectivity index (χ1v) is 6.37. The first kappa shape index (κ1) is 13.2. The maximum absolute atomic E-state index is 11.3. The number of rotatable bonds is 3. The lowest BCUT2D eigenvalue weighted by Gasteiger charge is -2.22. The minimum absolute atomic E-state index is 0.0732. The number of carbonyl (C=O) groups is 1. The Kier molecular flexibility index (Phi) is 3.09. The van der Waals surface area contributed by atoms with Crippen molar-refractivity contribution in [2.45, 2.75) is 13.0 Å². The number of carboxylic acids is 1. The number of allylic oxidation sites excluding steroid dienone is 1. The fourth-order valence-corrected chi connectivity index (χ4v) is 2.28. The number of anilines is 1. The molecule has 1 aliphatic heterocycles. The van der Waals surface area contributed by atoms with E-state index < -0.39 is 5.97 Å². The predicted molar refractivity (Wildman–Crippen MR) is 75.2 cm³/mol. The van der Waals surface area contributed by atoms with Gasteiger partial charge in [0.2, 0.25) is 5.95 Å². The molecule has 21 heavy (non-hydrogen) atoms. The Morgan fingerprint density at radius 1 is 1.48 bits per heavy atom. The molecule has 1 atom stereocenters. The van der Waals surface area contributed by atoms with Crippen LogP contribution in [0, 0.1) is 6.92 Å². The zero-order chi connectivity index (χ0) is 15.0. The molecule has 108 valence electrons. The summed E-state index contributed by atoms with van der Waals surface area (Å²) in [4.78, 5) is 15.4. The lowest BCUT2D eigenvalue weighted by molar-refractivity contribution is -0.132. The Balaban J connectivity index is 2.12. The molecule has 2 aromatic rings. The first-order valence-electron chi connectivity index (χ1n) is 6.37. The minimum atomic E-state index is -1.04. The monoisotopic (exact) mass is 286 g/mol. The van der Waals surface area contributed by atoms with Gasteiger partial charge in [-0.1, -0.05) is 29.8 Å². The number of hydrogen-bond donors (Lipinski definition) is 2. The number of aryl methyl sites for hydroxylation is 1. The second-order valence-corrected chi connectivity index (χ2v) is 4.74. The van der Waals surface area contributed by atoms with Crippen molar-refractivity contribution in [3.63, 3.8) is 0 Å². The molecule has 7 heteroatoms. The van der Waals surface area contributed by atoms with Gasteiger partial charge in [-0.3, -0.25) is 0 Å². The third kappa shape index (κ3) is 2.33. The molecule has 3 rings (SSSR count). The van der Waals surface area contributed by atoms with Gasteiger partial charge in [-0.15, -0.1) is 5.10 Å². The molecular weight excluding hydrogens is 272 g/mol. The van der Waals surface area contributed by atoms with Gasteiger partial charge >= 0.3 is 12.0 Å². The highest BCUT2D eigenvalue weighted by atomic mass is 16.5. The van der Waals surface area contributed by atoms with Crippen molar-refractivity contribution in [3.05, 3.63) is 47.2 Å². The summed E-state index contributed by atoms with van der Waals surface area (Å²) in [6.45, 7) is 1.98. The number of nitrogens with one attached hydrogen (secondary N) is 1. The number of ether oxygens (including phenoxy) is 1. The summed E-state index contributed by atoms with van der Waals surface area (Å²) in [7, 11) is 1.47. The molecule has 7 nitrogen and oxygen atoms in total. The van der Waals surface area contributed by atoms with E-state index in [1.165, 1.54) is 7.11 Å². The van der Waals surface area contributed by atoms with Gasteiger partial charge in [-0.05, 0) is 18.6 Å². The van der Waals surface area contributed by atoms with E-state index in [-0.39, 0.29) is 17.7 Å². The van der Waals surface area contributed by atoms with Gasteiger partial charge in [0, 0.05) is 0 Å². The first-order chi connectivity index (χ1) is 10.1. The number of methoxy groups -OCH3 is 1. The van der Waals surface area contributed by atoms with E-state index in [4.69, 9.17) is 4.74 Å². The predicted octanol–water partition coefficient (Wildman–Crippen LogP) is 1.58. The topological polar surface area (TPSA) is 89.3 Å². The van der Waals surface area contributed by atoms with E-state index in [2.05, 4.69) is 15.4 Å². The Morgan fingerprint density at radius 3 is 2.95 bits per heavy atom. The molecule has 0 bridgehead atoms. The highest BCUT2D eigenvalue weighted by Gasteiger charge is 2.27. The molecule has 0 saturated heterocycles. The molecule has 0 spiro atoms. The third-order valence-electron chi connectivity index (χ3n) is 3.24. The lowest BCUT2D eigenvalue weighted by atomic mass is 10.0. The van der Waals surface area contributed by atoms with E-state index >= 15 is 0 Å². The SMILES string of the molecule is COc1nc2n(n1)C(c1cccc(C)c1)C=C(C(=O)O)N2. The van der Waals surface area contributed by atoms with Crippen LogP contribution in [0.1, 0.15) is 17.2 Å². The second-order valence-electron chi connectivity index (χ2n) is 4.74. The van der Waals surface area contributed by atoms with E-state index in [1.807, 2.05) is 31.2 Å². The molecule has 1 aromatic carbocycles. The van der Waals surface area contributed by atoms with Crippen LogP contribution in [0.15, 0.2) is 36.0 Å². The second kappa shape index (κ2) is 4.93. The summed E-state index contributed by atoms with van der Waals surface area (Å²) in [6, 6.07) is 7.67. The van der Waals surface area contributed by atoms with Crippen LogP contribution in [0.25, 0.3) is 0 Å². The molecule has 1 unspecified atom stereocenters. The van der Waals surface area contributed by atoms with Gasteiger partial charge in [0.15, 0.2) is 0 Å². The highest BCUT2D eigenvalue weighted by Crippen LogP contribution is 2.30. The van der Waals surface area contributed by atoms with Crippen LogP contribution < -0.4 is 10.1 Å². The average Bonchev–Trinajstić information content (AvgIpc) is 2.89. The molecular formula is C14H14N4O3.